The molecule has 0 radical (unpaired) electrons. The predicted octanol–water partition coefficient (Wildman–Crippen LogP) is 1.85. The molecular weight excluding hydrogens is 292 g/mol. The average molecular weight is 314 g/mol. The van der Waals surface area contributed by atoms with Gasteiger partial charge in [0, 0.05) is 17.8 Å². The average Bonchev–Trinajstić information content (AvgIpc) is 2.38. The molecule has 1 saturated carbocycles. The number of hydrogen-bond acceptors (Lipinski definition) is 4. The van der Waals surface area contributed by atoms with Crippen LogP contribution in [-0.4, -0.2) is 26.0 Å². The summed E-state index contributed by atoms with van der Waals surface area (Å²) in [7, 11) is -3.27. The summed E-state index contributed by atoms with van der Waals surface area (Å²) in [6.45, 7) is 1.01. The van der Waals surface area contributed by atoms with Crippen molar-refractivity contribution in [1.29, 1.82) is 0 Å². The van der Waals surface area contributed by atoms with E-state index >= 15 is 0 Å². The minimum Gasteiger partial charge on any atom is -0.326 e. The second-order valence-corrected chi connectivity index (χ2v) is 8.42. The number of sulfonamides is 1. The second-order valence-electron chi connectivity index (χ2n) is 5.34. The van der Waals surface area contributed by atoms with Crippen LogP contribution in [0, 0.1) is 0 Å². The summed E-state index contributed by atoms with van der Waals surface area (Å²) in [6, 6.07) is 7.41. The van der Waals surface area contributed by atoms with Gasteiger partial charge in [0.15, 0.2) is 0 Å². The van der Waals surface area contributed by atoms with Gasteiger partial charge in [0.05, 0.1) is 5.75 Å². The summed E-state index contributed by atoms with van der Waals surface area (Å²) in [5, 5.41) is 0. The Morgan fingerprint density at radius 1 is 1.25 bits per heavy atom. The molecule has 0 atom stereocenters. The summed E-state index contributed by atoms with van der Waals surface area (Å²) in [4.78, 5) is 0. The highest BCUT2D eigenvalue weighted by molar-refractivity contribution is 8.00. The van der Waals surface area contributed by atoms with Gasteiger partial charge in [-0.3, -0.25) is 0 Å². The molecule has 1 aromatic carbocycles. The smallest absolute Gasteiger partial charge is 0.215 e. The molecule has 1 fully saturated rings. The van der Waals surface area contributed by atoms with E-state index in [-0.39, 0.29) is 10.5 Å². The van der Waals surface area contributed by atoms with Gasteiger partial charge >= 0.3 is 0 Å². The van der Waals surface area contributed by atoms with E-state index in [1.54, 1.807) is 11.8 Å². The standard InChI is InChI=1S/C14H22N2O2S2/c1-19-14(7-2-8-14)11-16-20(17,18)10-13-5-3-12(9-15)4-6-13/h3-6,16H,2,7-11,15H2,1H3. The van der Waals surface area contributed by atoms with Crippen LogP contribution in [0.5, 0.6) is 0 Å². The van der Waals surface area contributed by atoms with Crippen LogP contribution in [0.1, 0.15) is 30.4 Å². The summed E-state index contributed by atoms with van der Waals surface area (Å²) in [6.07, 6.45) is 5.45. The van der Waals surface area contributed by atoms with E-state index in [2.05, 4.69) is 11.0 Å². The first-order chi connectivity index (χ1) is 9.49. The Labute approximate surface area is 125 Å². The number of hydrogen-bond donors (Lipinski definition) is 2. The zero-order chi connectivity index (χ0) is 14.6. The first-order valence-corrected chi connectivity index (χ1v) is 9.67. The van der Waals surface area contributed by atoms with Crippen LogP contribution in [0.3, 0.4) is 0 Å². The van der Waals surface area contributed by atoms with E-state index in [1.165, 1.54) is 6.42 Å². The number of benzene rings is 1. The third kappa shape index (κ3) is 3.97. The minimum atomic E-state index is -3.27. The van der Waals surface area contributed by atoms with Crippen LogP contribution in [-0.2, 0) is 22.3 Å². The van der Waals surface area contributed by atoms with Crippen molar-refractivity contribution in [2.75, 3.05) is 12.8 Å². The van der Waals surface area contributed by atoms with Crippen LogP contribution in [0.15, 0.2) is 24.3 Å². The van der Waals surface area contributed by atoms with Crippen molar-refractivity contribution in [1.82, 2.24) is 4.72 Å². The lowest BCUT2D eigenvalue weighted by Crippen LogP contribution is -2.45. The van der Waals surface area contributed by atoms with Crippen LogP contribution in [0.4, 0.5) is 0 Å². The van der Waals surface area contributed by atoms with Gasteiger partial charge in [0.2, 0.25) is 10.0 Å². The highest BCUT2D eigenvalue weighted by Gasteiger charge is 2.36. The molecule has 1 aliphatic rings. The van der Waals surface area contributed by atoms with Crippen LogP contribution >= 0.6 is 11.8 Å². The van der Waals surface area contributed by atoms with Gasteiger partial charge in [0.25, 0.3) is 0 Å². The normalized spacial score (nSPS) is 17.7. The Bertz CT molecular complexity index is 531. The SMILES string of the molecule is CSC1(CNS(=O)(=O)Cc2ccc(CN)cc2)CCC1. The van der Waals surface area contributed by atoms with E-state index in [0.717, 1.165) is 24.0 Å². The molecule has 2 rings (SSSR count). The van der Waals surface area contributed by atoms with Crippen molar-refractivity contribution in [2.24, 2.45) is 5.73 Å². The third-order valence-electron chi connectivity index (χ3n) is 3.93. The van der Waals surface area contributed by atoms with Gasteiger partial charge in [-0.2, -0.15) is 11.8 Å². The van der Waals surface area contributed by atoms with Gasteiger partial charge in [-0.25, -0.2) is 13.1 Å². The Balaban J connectivity index is 1.92. The maximum absolute atomic E-state index is 12.1. The number of nitrogens with two attached hydrogens (primary N) is 1. The van der Waals surface area contributed by atoms with Crippen molar-refractivity contribution in [3.05, 3.63) is 35.4 Å². The molecule has 4 nitrogen and oxygen atoms in total. The fourth-order valence-electron chi connectivity index (χ4n) is 2.31. The molecule has 0 unspecified atom stereocenters. The largest absolute Gasteiger partial charge is 0.326 e. The second kappa shape index (κ2) is 6.47. The van der Waals surface area contributed by atoms with E-state index < -0.39 is 10.0 Å². The maximum Gasteiger partial charge on any atom is 0.215 e. The number of nitrogens with one attached hydrogen (secondary N) is 1. The molecule has 112 valence electrons. The lowest BCUT2D eigenvalue weighted by Gasteiger charge is -2.40. The van der Waals surface area contributed by atoms with E-state index in [4.69, 9.17) is 5.73 Å². The predicted molar refractivity (Wildman–Crippen MR) is 85.1 cm³/mol. The molecule has 0 amide bonds. The maximum atomic E-state index is 12.1. The molecule has 0 saturated heterocycles. The minimum absolute atomic E-state index is 0.0301. The summed E-state index contributed by atoms with van der Waals surface area (Å²) >= 11 is 1.77. The van der Waals surface area contributed by atoms with E-state index in [0.29, 0.717) is 13.1 Å². The fourth-order valence-corrected chi connectivity index (χ4v) is 4.54. The third-order valence-corrected chi connectivity index (χ3v) is 6.64. The van der Waals surface area contributed by atoms with Crippen molar-refractivity contribution >= 4 is 21.8 Å². The lowest BCUT2D eigenvalue weighted by molar-refractivity contribution is 0.361. The van der Waals surface area contributed by atoms with Gasteiger partial charge in [-0.15, -0.1) is 0 Å². The Kier molecular flexibility index (Phi) is 5.12. The first kappa shape index (κ1) is 15.8. The summed E-state index contributed by atoms with van der Waals surface area (Å²) < 4.78 is 27.1. The van der Waals surface area contributed by atoms with Gasteiger partial charge in [-0.05, 0) is 30.2 Å². The van der Waals surface area contributed by atoms with Crippen molar-refractivity contribution < 1.29 is 8.42 Å². The highest BCUT2D eigenvalue weighted by atomic mass is 32.2. The Morgan fingerprint density at radius 2 is 1.85 bits per heavy atom. The van der Waals surface area contributed by atoms with Gasteiger partial charge in [0.1, 0.15) is 0 Å². The zero-order valence-corrected chi connectivity index (χ0v) is 13.4. The molecule has 0 bridgehead atoms. The number of thioether (sulfide) groups is 1. The highest BCUT2D eigenvalue weighted by Crippen LogP contribution is 2.42. The van der Waals surface area contributed by atoms with Gasteiger partial charge < -0.3 is 5.73 Å². The van der Waals surface area contributed by atoms with Crippen molar-refractivity contribution in [3.8, 4) is 0 Å². The van der Waals surface area contributed by atoms with Crippen LogP contribution in [0.25, 0.3) is 0 Å². The molecule has 0 heterocycles. The van der Waals surface area contributed by atoms with E-state index in [9.17, 15) is 8.42 Å². The molecule has 0 spiro atoms. The zero-order valence-electron chi connectivity index (χ0n) is 11.8. The number of rotatable bonds is 7. The molecule has 0 aromatic heterocycles. The molecule has 20 heavy (non-hydrogen) atoms. The fraction of sp³-hybridized carbons (Fsp3) is 0.571. The Morgan fingerprint density at radius 3 is 2.30 bits per heavy atom. The lowest BCUT2D eigenvalue weighted by atomic mass is 9.84. The van der Waals surface area contributed by atoms with Crippen molar-refractivity contribution in [2.45, 2.75) is 36.3 Å². The topological polar surface area (TPSA) is 72.2 Å². The first-order valence-electron chi connectivity index (χ1n) is 6.79. The quantitative estimate of drug-likeness (QED) is 0.805. The summed E-state index contributed by atoms with van der Waals surface area (Å²) in [5.41, 5.74) is 7.33. The summed E-state index contributed by atoms with van der Waals surface area (Å²) in [5.74, 6) is 0.0301. The molecule has 3 N–H and O–H groups in total. The Hall–Kier alpha value is -0.560. The van der Waals surface area contributed by atoms with Crippen LogP contribution < -0.4 is 10.5 Å². The van der Waals surface area contributed by atoms with E-state index in [1.807, 2.05) is 24.3 Å². The molecular formula is C14H22N2O2S2. The molecule has 1 aliphatic carbocycles. The van der Waals surface area contributed by atoms with Crippen molar-refractivity contribution in [3.63, 3.8) is 0 Å². The van der Waals surface area contributed by atoms with Gasteiger partial charge in [-0.1, -0.05) is 30.7 Å². The van der Waals surface area contributed by atoms with Crippen LogP contribution in [0.2, 0.25) is 0 Å². The monoisotopic (exact) mass is 314 g/mol. The molecule has 1 aromatic rings. The molecule has 6 heteroatoms. The molecule has 0 aliphatic heterocycles.